The fraction of sp³-hybridized carbons (Fsp3) is 0.583. The highest BCUT2D eigenvalue weighted by Crippen LogP contribution is 2.14. The second kappa shape index (κ2) is 14.9. The van der Waals surface area contributed by atoms with E-state index < -0.39 is 11.9 Å². The van der Waals surface area contributed by atoms with Gasteiger partial charge in [-0.1, -0.05) is 76.0 Å². The standard InChI is InChI=1S/C24H36O4/c1-4-5-6-7-8-9-10-11-14-18-27-23(25)21-15-12-13-16-22(21)24(26)28-19-17-20(2)3/h12-13,15-16H,2,4-11,14,17-19H2,1,3H3. The van der Waals surface area contributed by atoms with E-state index in [1.165, 1.54) is 44.9 Å². The first kappa shape index (κ1) is 23.9. The molecule has 0 unspecified atom stereocenters. The molecule has 0 aliphatic rings. The van der Waals surface area contributed by atoms with Crippen LogP contribution >= 0.6 is 0 Å². The van der Waals surface area contributed by atoms with E-state index in [-0.39, 0.29) is 17.7 Å². The predicted molar refractivity (Wildman–Crippen MR) is 114 cm³/mol. The van der Waals surface area contributed by atoms with Gasteiger partial charge in [0.1, 0.15) is 0 Å². The Bertz CT molecular complexity index is 606. The number of esters is 2. The van der Waals surface area contributed by atoms with Gasteiger partial charge in [0.2, 0.25) is 0 Å². The summed E-state index contributed by atoms with van der Waals surface area (Å²) in [4.78, 5) is 24.6. The molecule has 0 N–H and O–H groups in total. The van der Waals surface area contributed by atoms with Crippen LogP contribution in [0.25, 0.3) is 0 Å². The quantitative estimate of drug-likeness (QED) is 0.195. The second-order valence-corrected chi connectivity index (χ2v) is 7.35. The summed E-state index contributed by atoms with van der Waals surface area (Å²) in [5.74, 6) is -0.969. The van der Waals surface area contributed by atoms with Gasteiger partial charge < -0.3 is 9.47 Å². The maximum Gasteiger partial charge on any atom is 0.339 e. The first-order valence-corrected chi connectivity index (χ1v) is 10.6. The lowest BCUT2D eigenvalue weighted by molar-refractivity contribution is 0.0456. The molecule has 0 saturated heterocycles. The summed E-state index contributed by atoms with van der Waals surface area (Å²) in [6.07, 6.45) is 11.5. The topological polar surface area (TPSA) is 52.6 Å². The van der Waals surface area contributed by atoms with Gasteiger partial charge in [-0.25, -0.2) is 9.59 Å². The van der Waals surface area contributed by atoms with E-state index in [0.717, 1.165) is 18.4 Å². The molecule has 0 saturated carbocycles. The Balaban J connectivity index is 2.30. The van der Waals surface area contributed by atoms with Crippen LogP contribution in [-0.4, -0.2) is 25.2 Å². The van der Waals surface area contributed by atoms with E-state index in [1.807, 2.05) is 6.92 Å². The third-order valence-electron chi connectivity index (χ3n) is 4.61. The van der Waals surface area contributed by atoms with Gasteiger partial charge in [-0.05, 0) is 25.5 Å². The molecular formula is C24H36O4. The molecule has 0 radical (unpaired) electrons. The maximum atomic E-state index is 12.3. The van der Waals surface area contributed by atoms with Crippen molar-refractivity contribution < 1.29 is 19.1 Å². The average Bonchev–Trinajstić information content (AvgIpc) is 2.69. The van der Waals surface area contributed by atoms with Gasteiger partial charge in [0, 0.05) is 6.42 Å². The number of hydrogen-bond acceptors (Lipinski definition) is 4. The fourth-order valence-corrected chi connectivity index (χ4v) is 2.89. The van der Waals surface area contributed by atoms with Crippen LogP contribution in [-0.2, 0) is 9.47 Å². The van der Waals surface area contributed by atoms with Crippen LogP contribution in [0.15, 0.2) is 36.4 Å². The predicted octanol–water partition coefficient (Wildman–Crippen LogP) is 6.50. The Morgan fingerprint density at radius 1 is 0.786 bits per heavy atom. The molecule has 1 aromatic rings. The molecule has 156 valence electrons. The third-order valence-corrected chi connectivity index (χ3v) is 4.61. The van der Waals surface area contributed by atoms with Crippen LogP contribution in [0.4, 0.5) is 0 Å². The molecule has 0 aliphatic heterocycles. The Morgan fingerprint density at radius 2 is 1.25 bits per heavy atom. The minimum Gasteiger partial charge on any atom is -0.462 e. The number of rotatable bonds is 15. The summed E-state index contributed by atoms with van der Waals surface area (Å²) in [5, 5.41) is 0. The molecule has 0 bridgehead atoms. The minimum atomic E-state index is -0.503. The molecule has 0 aliphatic carbocycles. The number of hydrogen-bond donors (Lipinski definition) is 0. The first-order valence-electron chi connectivity index (χ1n) is 10.6. The molecule has 4 heteroatoms. The Labute approximate surface area is 170 Å². The number of benzene rings is 1. The summed E-state index contributed by atoms with van der Waals surface area (Å²) in [6, 6.07) is 6.64. The maximum absolute atomic E-state index is 12.3. The lowest BCUT2D eigenvalue weighted by Gasteiger charge is -2.10. The Morgan fingerprint density at radius 3 is 1.75 bits per heavy atom. The van der Waals surface area contributed by atoms with Crippen molar-refractivity contribution in [3.8, 4) is 0 Å². The normalized spacial score (nSPS) is 10.5. The fourth-order valence-electron chi connectivity index (χ4n) is 2.89. The molecule has 0 spiro atoms. The zero-order valence-electron chi connectivity index (χ0n) is 17.6. The van der Waals surface area contributed by atoms with E-state index in [0.29, 0.717) is 13.0 Å². The summed E-state index contributed by atoms with van der Waals surface area (Å²) < 4.78 is 10.6. The third kappa shape index (κ3) is 10.3. The zero-order valence-corrected chi connectivity index (χ0v) is 17.6. The molecule has 0 fully saturated rings. The highest BCUT2D eigenvalue weighted by molar-refractivity contribution is 6.03. The molecule has 0 amide bonds. The van der Waals surface area contributed by atoms with Gasteiger partial charge in [0.15, 0.2) is 0 Å². The average molecular weight is 389 g/mol. The number of ether oxygens (including phenoxy) is 2. The van der Waals surface area contributed by atoms with Crippen LogP contribution in [0, 0.1) is 0 Å². The van der Waals surface area contributed by atoms with Crippen molar-refractivity contribution in [1.82, 2.24) is 0 Å². The smallest absolute Gasteiger partial charge is 0.339 e. The zero-order chi connectivity index (χ0) is 20.6. The van der Waals surface area contributed by atoms with Crippen LogP contribution in [0.5, 0.6) is 0 Å². The molecule has 28 heavy (non-hydrogen) atoms. The molecule has 0 heterocycles. The summed E-state index contributed by atoms with van der Waals surface area (Å²) in [5.41, 5.74) is 1.46. The molecule has 0 atom stereocenters. The molecule has 1 aromatic carbocycles. The lowest BCUT2D eigenvalue weighted by atomic mass is 10.1. The molecule has 0 aromatic heterocycles. The van der Waals surface area contributed by atoms with Crippen molar-refractivity contribution in [2.24, 2.45) is 0 Å². The van der Waals surface area contributed by atoms with Crippen molar-refractivity contribution in [2.45, 2.75) is 78.1 Å². The van der Waals surface area contributed by atoms with Crippen molar-refractivity contribution >= 4 is 11.9 Å². The number of carbonyl (C=O) groups excluding carboxylic acids is 2. The van der Waals surface area contributed by atoms with Crippen molar-refractivity contribution in [3.63, 3.8) is 0 Å². The van der Waals surface area contributed by atoms with Gasteiger partial charge in [-0.3, -0.25) is 0 Å². The van der Waals surface area contributed by atoms with Crippen molar-refractivity contribution in [2.75, 3.05) is 13.2 Å². The van der Waals surface area contributed by atoms with Gasteiger partial charge in [-0.2, -0.15) is 0 Å². The van der Waals surface area contributed by atoms with E-state index in [4.69, 9.17) is 9.47 Å². The largest absolute Gasteiger partial charge is 0.462 e. The van der Waals surface area contributed by atoms with Crippen molar-refractivity contribution in [1.29, 1.82) is 0 Å². The number of carbonyl (C=O) groups is 2. The highest BCUT2D eigenvalue weighted by Gasteiger charge is 2.18. The number of unbranched alkanes of at least 4 members (excludes halogenated alkanes) is 8. The monoisotopic (exact) mass is 388 g/mol. The van der Waals surface area contributed by atoms with Crippen molar-refractivity contribution in [3.05, 3.63) is 47.5 Å². The van der Waals surface area contributed by atoms with Gasteiger partial charge >= 0.3 is 11.9 Å². The van der Waals surface area contributed by atoms with Crippen LogP contribution < -0.4 is 0 Å². The second-order valence-electron chi connectivity index (χ2n) is 7.35. The van der Waals surface area contributed by atoms with Crippen LogP contribution in [0.2, 0.25) is 0 Å². The summed E-state index contributed by atoms with van der Waals surface area (Å²) >= 11 is 0. The molecule has 4 nitrogen and oxygen atoms in total. The van der Waals surface area contributed by atoms with Crippen LogP contribution in [0.3, 0.4) is 0 Å². The van der Waals surface area contributed by atoms with E-state index in [9.17, 15) is 9.59 Å². The van der Waals surface area contributed by atoms with Gasteiger partial charge in [0.05, 0.1) is 24.3 Å². The Hall–Kier alpha value is -2.10. The minimum absolute atomic E-state index is 0.251. The molecule has 1 rings (SSSR count). The summed E-state index contributed by atoms with van der Waals surface area (Å²) in [6.45, 7) is 8.53. The van der Waals surface area contributed by atoms with E-state index in [1.54, 1.807) is 24.3 Å². The SMILES string of the molecule is C=C(C)CCOC(=O)c1ccccc1C(=O)OCCCCCCCCCCC. The Kier molecular flexibility index (Phi) is 12.7. The van der Waals surface area contributed by atoms with Crippen LogP contribution in [0.1, 0.15) is 98.8 Å². The van der Waals surface area contributed by atoms with E-state index >= 15 is 0 Å². The lowest BCUT2D eigenvalue weighted by Crippen LogP contribution is -2.15. The first-order chi connectivity index (χ1) is 13.6. The van der Waals surface area contributed by atoms with E-state index in [2.05, 4.69) is 13.5 Å². The highest BCUT2D eigenvalue weighted by atomic mass is 16.5. The van der Waals surface area contributed by atoms with Gasteiger partial charge in [0.25, 0.3) is 0 Å². The summed E-state index contributed by atoms with van der Waals surface area (Å²) in [7, 11) is 0. The molecular weight excluding hydrogens is 352 g/mol. The van der Waals surface area contributed by atoms with Gasteiger partial charge in [-0.15, -0.1) is 6.58 Å².